The first-order valence-corrected chi connectivity index (χ1v) is 4.52. The molecule has 0 aliphatic rings. The number of nitrogens with two attached hydrogens (primary N) is 1. The molecule has 4 heteroatoms. The van der Waals surface area contributed by atoms with Crippen molar-refractivity contribution in [3.63, 3.8) is 0 Å². The van der Waals surface area contributed by atoms with E-state index in [2.05, 4.69) is 4.98 Å². The molecule has 0 amide bonds. The predicted octanol–water partition coefficient (Wildman–Crippen LogP) is 1.28. The van der Waals surface area contributed by atoms with E-state index in [0.717, 1.165) is 5.56 Å². The van der Waals surface area contributed by atoms with E-state index >= 15 is 0 Å². The summed E-state index contributed by atoms with van der Waals surface area (Å²) in [6.45, 7) is 3.97. The average molecular weight is 194 g/mol. The molecule has 0 saturated heterocycles. The molecule has 0 aromatic carbocycles. The summed E-state index contributed by atoms with van der Waals surface area (Å²) in [5.41, 5.74) is 6.94. The Morgan fingerprint density at radius 1 is 1.64 bits per heavy atom. The number of aromatic nitrogens is 1. The topological polar surface area (TPSA) is 65.2 Å². The Morgan fingerprint density at radius 2 is 2.36 bits per heavy atom. The van der Waals surface area contributed by atoms with Gasteiger partial charge >= 0.3 is 5.97 Å². The quantitative estimate of drug-likeness (QED) is 0.736. The van der Waals surface area contributed by atoms with Crippen molar-refractivity contribution < 1.29 is 9.53 Å². The number of nitrogens with zero attached hydrogens (tertiary/aromatic N) is 1. The molecule has 4 nitrogen and oxygen atoms in total. The van der Waals surface area contributed by atoms with Gasteiger partial charge in [0.2, 0.25) is 0 Å². The van der Waals surface area contributed by atoms with Gasteiger partial charge in [-0.2, -0.15) is 0 Å². The van der Waals surface area contributed by atoms with E-state index in [9.17, 15) is 4.79 Å². The molecule has 0 fully saturated rings. The molecule has 0 aliphatic carbocycles. The van der Waals surface area contributed by atoms with Crippen LogP contribution in [0.2, 0.25) is 0 Å². The van der Waals surface area contributed by atoms with Crippen molar-refractivity contribution in [2.24, 2.45) is 5.73 Å². The van der Waals surface area contributed by atoms with E-state index in [0.29, 0.717) is 12.2 Å². The maximum atomic E-state index is 11.3. The molecule has 76 valence electrons. The summed E-state index contributed by atoms with van der Waals surface area (Å²) >= 11 is 0. The molecule has 0 unspecified atom stereocenters. The standard InChI is InChI=1S/C10H14N2O2/c1-3-14-10(13)9-4-8(7(2)11)5-12-6-9/h4-7H,3,11H2,1-2H3/t7-/m1/s1. The van der Waals surface area contributed by atoms with Crippen LogP contribution in [-0.2, 0) is 4.74 Å². The second-order valence-corrected chi connectivity index (χ2v) is 3.02. The van der Waals surface area contributed by atoms with Gasteiger partial charge in [0.15, 0.2) is 0 Å². The van der Waals surface area contributed by atoms with Gasteiger partial charge in [0.05, 0.1) is 12.2 Å². The molecule has 0 spiro atoms. The van der Waals surface area contributed by atoms with Gasteiger partial charge in [-0.25, -0.2) is 4.79 Å². The van der Waals surface area contributed by atoms with Crippen LogP contribution in [0.4, 0.5) is 0 Å². The lowest BCUT2D eigenvalue weighted by Gasteiger charge is -2.06. The summed E-state index contributed by atoms with van der Waals surface area (Å²) < 4.78 is 4.84. The van der Waals surface area contributed by atoms with Crippen molar-refractivity contribution in [3.8, 4) is 0 Å². The number of hydrogen-bond acceptors (Lipinski definition) is 4. The molecule has 2 N–H and O–H groups in total. The molecular formula is C10H14N2O2. The van der Waals surface area contributed by atoms with Crippen molar-refractivity contribution in [1.29, 1.82) is 0 Å². The van der Waals surface area contributed by atoms with Gasteiger partial charge in [0.1, 0.15) is 0 Å². The van der Waals surface area contributed by atoms with Crippen molar-refractivity contribution in [3.05, 3.63) is 29.6 Å². The van der Waals surface area contributed by atoms with Crippen molar-refractivity contribution in [2.45, 2.75) is 19.9 Å². The molecule has 1 atom stereocenters. The third-order valence-electron chi connectivity index (χ3n) is 1.80. The molecule has 1 aromatic heterocycles. The second-order valence-electron chi connectivity index (χ2n) is 3.02. The normalized spacial score (nSPS) is 12.2. The molecule has 0 bridgehead atoms. The number of hydrogen-bond donors (Lipinski definition) is 1. The number of carbonyl (C=O) groups excluding carboxylic acids is 1. The molecule has 1 aromatic rings. The van der Waals surface area contributed by atoms with Crippen LogP contribution >= 0.6 is 0 Å². The van der Waals surface area contributed by atoms with Crippen LogP contribution in [0.25, 0.3) is 0 Å². The monoisotopic (exact) mass is 194 g/mol. The number of pyridine rings is 1. The predicted molar refractivity (Wildman–Crippen MR) is 52.8 cm³/mol. The van der Waals surface area contributed by atoms with Gasteiger partial charge in [0.25, 0.3) is 0 Å². The summed E-state index contributed by atoms with van der Waals surface area (Å²) in [5.74, 6) is -0.359. The maximum absolute atomic E-state index is 11.3. The summed E-state index contributed by atoms with van der Waals surface area (Å²) in [6, 6.07) is 1.58. The molecule has 0 radical (unpaired) electrons. The maximum Gasteiger partial charge on any atom is 0.339 e. The van der Waals surface area contributed by atoms with Gasteiger partial charge in [-0.05, 0) is 25.5 Å². The highest BCUT2D eigenvalue weighted by atomic mass is 16.5. The first-order valence-electron chi connectivity index (χ1n) is 4.52. The fourth-order valence-electron chi connectivity index (χ4n) is 1.03. The van der Waals surface area contributed by atoms with Crippen molar-refractivity contribution >= 4 is 5.97 Å². The Bertz CT molecular complexity index is 324. The fraction of sp³-hybridized carbons (Fsp3) is 0.400. The highest BCUT2D eigenvalue weighted by Gasteiger charge is 2.08. The molecule has 1 rings (SSSR count). The number of esters is 1. The zero-order valence-corrected chi connectivity index (χ0v) is 8.36. The highest BCUT2D eigenvalue weighted by Crippen LogP contribution is 2.10. The second kappa shape index (κ2) is 4.72. The Hall–Kier alpha value is -1.42. The Morgan fingerprint density at radius 3 is 2.93 bits per heavy atom. The molecule has 1 heterocycles. The average Bonchev–Trinajstić information content (AvgIpc) is 2.18. The largest absolute Gasteiger partial charge is 0.462 e. The molecule has 14 heavy (non-hydrogen) atoms. The van der Waals surface area contributed by atoms with Crippen LogP contribution in [0.3, 0.4) is 0 Å². The van der Waals surface area contributed by atoms with Crippen LogP contribution < -0.4 is 5.73 Å². The summed E-state index contributed by atoms with van der Waals surface area (Å²) in [5, 5.41) is 0. The summed E-state index contributed by atoms with van der Waals surface area (Å²) in [6.07, 6.45) is 3.12. The number of rotatable bonds is 3. The van der Waals surface area contributed by atoms with Crippen LogP contribution in [0.5, 0.6) is 0 Å². The zero-order valence-electron chi connectivity index (χ0n) is 8.36. The van der Waals surface area contributed by atoms with Gasteiger partial charge in [-0.1, -0.05) is 0 Å². The molecular weight excluding hydrogens is 180 g/mol. The smallest absolute Gasteiger partial charge is 0.339 e. The lowest BCUT2D eigenvalue weighted by molar-refractivity contribution is 0.0525. The molecule has 0 aliphatic heterocycles. The van der Waals surface area contributed by atoms with Crippen LogP contribution in [-0.4, -0.2) is 17.6 Å². The Kier molecular flexibility index (Phi) is 3.59. The van der Waals surface area contributed by atoms with Crippen LogP contribution in [0.1, 0.15) is 35.8 Å². The van der Waals surface area contributed by atoms with Gasteiger partial charge in [0, 0.05) is 18.4 Å². The minimum absolute atomic E-state index is 0.128. The van der Waals surface area contributed by atoms with Gasteiger partial charge in [-0.15, -0.1) is 0 Å². The van der Waals surface area contributed by atoms with E-state index in [-0.39, 0.29) is 12.0 Å². The van der Waals surface area contributed by atoms with E-state index in [1.54, 1.807) is 19.2 Å². The van der Waals surface area contributed by atoms with Crippen LogP contribution in [0.15, 0.2) is 18.5 Å². The first kappa shape index (κ1) is 10.7. The highest BCUT2D eigenvalue weighted by molar-refractivity contribution is 5.89. The Labute approximate surface area is 83.1 Å². The molecule has 0 saturated carbocycles. The van der Waals surface area contributed by atoms with Crippen LogP contribution in [0, 0.1) is 0 Å². The zero-order chi connectivity index (χ0) is 10.6. The number of carbonyl (C=O) groups is 1. The third-order valence-corrected chi connectivity index (χ3v) is 1.80. The Balaban J connectivity index is 2.88. The van der Waals surface area contributed by atoms with Crippen molar-refractivity contribution in [1.82, 2.24) is 4.98 Å². The third kappa shape index (κ3) is 2.53. The van der Waals surface area contributed by atoms with E-state index in [1.165, 1.54) is 6.20 Å². The van der Waals surface area contributed by atoms with Gasteiger partial charge < -0.3 is 10.5 Å². The summed E-state index contributed by atoms with van der Waals surface area (Å²) in [7, 11) is 0. The number of ether oxygens (including phenoxy) is 1. The van der Waals surface area contributed by atoms with E-state index < -0.39 is 0 Å². The first-order chi connectivity index (χ1) is 6.65. The SMILES string of the molecule is CCOC(=O)c1cncc([C@@H](C)N)c1. The summed E-state index contributed by atoms with van der Waals surface area (Å²) in [4.78, 5) is 15.2. The van der Waals surface area contributed by atoms with E-state index in [1.807, 2.05) is 6.92 Å². The van der Waals surface area contributed by atoms with E-state index in [4.69, 9.17) is 10.5 Å². The van der Waals surface area contributed by atoms with Gasteiger partial charge in [-0.3, -0.25) is 4.98 Å². The minimum atomic E-state index is -0.359. The minimum Gasteiger partial charge on any atom is -0.462 e. The lowest BCUT2D eigenvalue weighted by atomic mass is 10.1. The fourth-order valence-corrected chi connectivity index (χ4v) is 1.03. The lowest BCUT2D eigenvalue weighted by Crippen LogP contribution is -2.09. The van der Waals surface area contributed by atoms with Crippen molar-refractivity contribution in [2.75, 3.05) is 6.61 Å².